The molecule has 0 saturated heterocycles. The fraction of sp³-hybridized carbons (Fsp3) is 0.625. The number of esters is 1. The van der Waals surface area contributed by atoms with Crippen LogP contribution in [-0.4, -0.2) is 55.8 Å². The van der Waals surface area contributed by atoms with Gasteiger partial charge in [-0.1, -0.05) is 33.1 Å². The number of benzene rings is 1. The second-order valence-corrected chi connectivity index (χ2v) is 9.10. The Hall–Kier alpha value is -2.77. The summed E-state index contributed by atoms with van der Waals surface area (Å²) in [6.07, 6.45) is 4.22. The van der Waals surface area contributed by atoms with Gasteiger partial charge >= 0.3 is 12.1 Å². The largest absolute Gasteiger partial charge is 0.465 e. The molecule has 176 valence electrons. The summed E-state index contributed by atoms with van der Waals surface area (Å²) in [6.45, 7) is 5.78. The molecule has 1 amide bonds. The summed E-state index contributed by atoms with van der Waals surface area (Å²) in [6, 6.07) is 4.25. The van der Waals surface area contributed by atoms with Crippen LogP contribution < -0.4 is 9.47 Å². The van der Waals surface area contributed by atoms with E-state index >= 15 is 0 Å². The number of likely N-dealkylation sites (N-methyl/N-ethyl adjacent to an activating group) is 1. The van der Waals surface area contributed by atoms with E-state index < -0.39 is 12.1 Å². The lowest BCUT2D eigenvalue weighted by Gasteiger charge is -2.36. The third kappa shape index (κ3) is 5.53. The van der Waals surface area contributed by atoms with E-state index in [0.29, 0.717) is 17.1 Å². The number of ketones is 1. The minimum absolute atomic E-state index is 0.128. The Morgan fingerprint density at radius 3 is 2.34 bits per heavy atom. The van der Waals surface area contributed by atoms with E-state index in [2.05, 4.69) is 0 Å². The van der Waals surface area contributed by atoms with E-state index in [1.54, 1.807) is 46.0 Å². The predicted octanol–water partition coefficient (Wildman–Crippen LogP) is 4.20. The molecule has 1 atom stereocenters. The number of ether oxygens (including phenoxy) is 4. The first-order chi connectivity index (χ1) is 15.2. The number of hydrogen-bond acceptors (Lipinski definition) is 7. The quantitative estimate of drug-likeness (QED) is 0.435. The first-order valence-electron chi connectivity index (χ1n) is 11.2. The zero-order valence-electron chi connectivity index (χ0n) is 19.3. The van der Waals surface area contributed by atoms with Gasteiger partial charge in [-0.25, -0.2) is 4.79 Å². The summed E-state index contributed by atoms with van der Waals surface area (Å²) >= 11 is 0. The smallest absolute Gasteiger partial charge is 0.410 e. The molecule has 1 aliphatic heterocycles. The van der Waals surface area contributed by atoms with E-state index in [1.165, 1.54) is 4.90 Å². The average molecular weight is 448 g/mol. The maximum absolute atomic E-state index is 12.9. The molecule has 3 rings (SSSR count). The highest BCUT2D eigenvalue weighted by atomic mass is 16.7. The fourth-order valence-electron chi connectivity index (χ4n) is 3.96. The molecule has 1 unspecified atom stereocenters. The molecule has 1 saturated carbocycles. The molecule has 0 bridgehead atoms. The summed E-state index contributed by atoms with van der Waals surface area (Å²) in [5.41, 5.74) is 0.0647. The van der Waals surface area contributed by atoms with Crippen molar-refractivity contribution < 1.29 is 33.3 Å². The minimum Gasteiger partial charge on any atom is -0.465 e. The van der Waals surface area contributed by atoms with E-state index in [4.69, 9.17) is 18.9 Å². The number of rotatable bonds is 8. The number of fused-ring (bicyclic) bond motifs is 1. The Morgan fingerprint density at radius 2 is 1.66 bits per heavy atom. The second kappa shape index (κ2) is 10.2. The van der Waals surface area contributed by atoms with Gasteiger partial charge in [0, 0.05) is 18.0 Å². The normalized spacial score (nSPS) is 17.5. The van der Waals surface area contributed by atoms with Crippen molar-refractivity contribution in [3.05, 3.63) is 23.8 Å². The lowest BCUT2D eigenvalue weighted by molar-refractivity contribution is -0.153. The molecule has 1 aromatic rings. The molecule has 8 heteroatoms. The first kappa shape index (κ1) is 23.9. The van der Waals surface area contributed by atoms with Gasteiger partial charge in [0.2, 0.25) is 6.79 Å². The van der Waals surface area contributed by atoms with E-state index in [0.717, 1.165) is 32.1 Å². The van der Waals surface area contributed by atoms with Gasteiger partial charge in [-0.3, -0.25) is 9.59 Å². The lowest BCUT2D eigenvalue weighted by Crippen LogP contribution is -2.43. The summed E-state index contributed by atoms with van der Waals surface area (Å²) < 4.78 is 21.7. The minimum atomic E-state index is -0.719. The number of carbonyl (C=O) groups excluding carboxylic acids is 3. The standard InChI is InChI=1S/C24H33NO7/c1-16(2)22(27)29-13-24(10-6-5-7-11-24)14-30-23(28)25(4)17(3)21(26)18-8-9-19-20(12-18)32-15-31-19/h8-9,12,16-17H,5-7,10-11,13-15H2,1-4H3. The number of hydrogen-bond donors (Lipinski definition) is 0. The molecule has 0 aromatic heterocycles. The fourth-order valence-corrected chi connectivity index (χ4v) is 3.96. The summed E-state index contributed by atoms with van der Waals surface area (Å²) in [5, 5.41) is 0. The molecule has 8 nitrogen and oxygen atoms in total. The van der Waals surface area contributed by atoms with Crippen molar-refractivity contribution in [2.75, 3.05) is 27.1 Å². The van der Waals surface area contributed by atoms with E-state index in [-0.39, 0.29) is 43.1 Å². The third-order valence-electron chi connectivity index (χ3n) is 6.31. The van der Waals surface area contributed by atoms with Gasteiger partial charge in [0.25, 0.3) is 0 Å². The SMILES string of the molecule is CC(C)C(=O)OCC1(COC(=O)N(C)C(C)C(=O)c2ccc3c(c2)OCO3)CCCCC1. The highest BCUT2D eigenvalue weighted by molar-refractivity contribution is 6.01. The van der Waals surface area contributed by atoms with Gasteiger partial charge in [-0.05, 0) is 38.0 Å². The third-order valence-corrected chi connectivity index (χ3v) is 6.31. The zero-order valence-corrected chi connectivity index (χ0v) is 19.3. The van der Waals surface area contributed by atoms with Crippen LogP contribution in [0.4, 0.5) is 4.79 Å². The predicted molar refractivity (Wildman–Crippen MR) is 117 cm³/mol. The Bertz CT molecular complexity index is 845. The topological polar surface area (TPSA) is 91.4 Å². The summed E-state index contributed by atoms with van der Waals surface area (Å²) in [4.78, 5) is 38.9. The highest BCUT2D eigenvalue weighted by Crippen LogP contribution is 2.37. The van der Waals surface area contributed by atoms with E-state index in [9.17, 15) is 14.4 Å². The molecular weight excluding hydrogens is 414 g/mol. The van der Waals surface area contributed by atoms with Crippen LogP contribution in [0.25, 0.3) is 0 Å². The number of amides is 1. The van der Waals surface area contributed by atoms with Gasteiger partial charge in [-0.2, -0.15) is 0 Å². The maximum Gasteiger partial charge on any atom is 0.410 e. The molecule has 1 aliphatic carbocycles. The number of Topliss-reactive ketones (excluding diaryl/α,β-unsaturated/α-hetero) is 1. The molecule has 1 heterocycles. The second-order valence-electron chi connectivity index (χ2n) is 9.10. The van der Waals surface area contributed by atoms with Crippen LogP contribution in [0.15, 0.2) is 18.2 Å². The average Bonchev–Trinajstić information content (AvgIpc) is 3.28. The first-order valence-corrected chi connectivity index (χ1v) is 11.2. The molecule has 0 N–H and O–H groups in total. The Labute approximate surface area is 189 Å². The summed E-state index contributed by atoms with van der Waals surface area (Å²) in [5.74, 6) is 0.441. The van der Waals surface area contributed by atoms with Crippen LogP contribution in [0.2, 0.25) is 0 Å². The van der Waals surface area contributed by atoms with Gasteiger partial charge in [0.15, 0.2) is 17.3 Å². The zero-order chi connectivity index (χ0) is 23.3. The van der Waals surface area contributed by atoms with Crippen molar-refractivity contribution in [2.45, 2.75) is 58.9 Å². The molecule has 0 spiro atoms. The lowest BCUT2D eigenvalue weighted by atomic mass is 9.75. The molecule has 0 radical (unpaired) electrons. The number of carbonyl (C=O) groups is 3. The van der Waals surface area contributed by atoms with Crippen molar-refractivity contribution in [2.24, 2.45) is 11.3 Å². The monoisotopic (exact) mass is 447 g/mol. The van der Waals surface area contributed by atoms with Crippen LogP contribution in [0.1, 0.15) is 63.2 Å². The van der Waals surface area contributed by atoms with Gasteiger partial charge in [0.05, 0.1) is 12.0 Å². The summed E-state index contributed by atoms with van der Waals surface area (Å²) in [7, 11) is 1.55. The Balaban J connectivity index is 1.59. The van der Waals surface area contributed by atoms with Crippen LogP contribution in [0.5, 0.6) is 11.5 Å². The Kier molecular flexibility index (Phi) is 7.64. The van der Waals surface area contributed by atoms with Crippen LogP contribution in [0, 0.1) is 11.3 Å². The molecular formula is C24H33NO7. The van der Waals surface area contributed by atoms with Crippen LogP contribution >= 0.6 is 0 Å². The molecule has 32 heavy (non-hydrogen) atoms. The highest BCUT2D eigenvalue weighted by Gasteiger charge is 2.36. The molecule has 1 fully saturated rings. The van der Waals surface area contributed by atoms with Crippen molar-refractivity contribution in [1.29, 1.82) is 0 Å². The van der Waals surface area contributed by atoms with Crippen molar-refractivity contribution >= 4 is 17.8 Å². The molecule has 2 aliphatic rings. The van der Waals surface area contributed by atoms with Crippen LogP contribution in [-0.2, 0) is 14.3 Å². The van der Waals surface area contributed by atoms with Crippen molar-refractivity contribution in [3.63, 3.8) is 0 Å². The maximum atomic E-state index is 12.9. The Morgan fingerprint density at radius 1 is 1.00 bits per heavy atom. The van der Waals surface area contributed by atoms with Crippen molar-refractivity contribution in [3.8, 4) is 11.5 Å². The van der Waals surface area contributed by atoms with Crippen molar-refractivity contribution in [1.82, 2.24) is 4.90 Å². The van der Waals surface area contributed by atoms with E-state index in [1.807, 2.05) is 0 Å². The van der Waals surface area contributed by atoms with Gasteiger partial charge in [0.1, 0.15) is 13.2 Å². The van der Waals surface area contributed by atoms with Gasteiger partial charge < -0.3 is 23.8 Å². The number of nitrogens with zero attached hydrogens (tertiary/aromatic N) is 1. The molecule has 1 aromatic carbocycles. The van der Waals surface area contributed by atoms with Crippen LogP contribution in [0.3, 0.4) is 0 Å². The van der Waals surface area contributed by atoms with Gasteiger partial charge in [-0.15, -0.1) is 0 Å².